The quantitative estimate of drug-likeness (QED) is 0.912. The van der Waals surface area contributed by atoms with Gasteiger partial charge in [-0.2, -0.15) is 0 Å². The van der Waals surface area contributed by atoms with Gasteiger partial charge < -0.3 is 10.2 Å². The Morgan fingerprint density at radius 3 is 2.48 bits per heavy atom. The van der Waals surface area contributed by atoms with E-state index in [0.717, 1.165) is 24.2 Å². The number of carbonyl (C=O) groups excluding carboxylic acids is 1. The van der Waals surface area contributed by atoms with Gasteiger partial charge in [-0.1, -0.05) is 36.4 Å². The first-order chi connectivity index (χ1) is 10.1. The Bertz CT molecular complexity index is 606. The van der Waals surface area contributed by atoms with E-state index in [0.29, 0.717) is 5.56 Å². The monoisotopic (exact) mass is 282 g/mol. The molecule has 0 atom stereocenters. The van der Waals surface area contributed by atoms with Crippen LogP contribution in [0.4, 0.5) is 5.69 Å². The number of nitrogens with one attached hydrogen (secondary N) is 1. The fourth-order valence-electron chi connectivity index (χ4n) is 2.19. The van der Waals surface area contributed by atoms with Crippen LogP contribution in [-0.4, -0.2) is 31.4 Å². The number of nitrogens with zero attached hydrogens (tertiary/aromatic N) is 1. The molecule has 0 radical (unpaired) electrons. The van der Waals surface area contributed by atoms with Gasteiger partial charge in [0.1, 0.15) is 0 Å². The van der Waals surface area contributed by atoms with Gasteiger partial charge in [0.25, 0.3) is 5.91 Å². The van der Waals surface area contributed by atoms with Crippen molar-refractivity contribution < 1.29 is 4.79 Å². The Balaban J connectivity index is 2.02. The van der Waals surface area contributed by atoms with E-state index in [1.807, 2.05) is 24.3 Å². The van der Waals surface area contributed by atoms with E-state index in [4.69, 9.17) is 0 Å². The minimum absolute atomic E-state index is 0.0288. The smallest absolute Gasteiger partial charge is 0.253 e. The van der Waals surface area contributed by atoms with E-state index in [1.165, 1.54) is 5.56 Å². The summed E-state index contributed by atoms with van der Waals surface area (Å²) >= 11 is 0. The first-order valence-electron chi connectivity index (χ1n) is 7.18. The van der Waals surface area contributed by atoms with E-state index < -0.39 is 0 Å². The Morgan fingerprint density at radius 2 is 1.81 bits per heavy atom. The normalized spacial score (nSPS) is 10.2. The highest BCUT2D eigenvalue weighted by molar-refractivity contribution is 5.95. The van der Waals surface area contributed by atoms with Gasteiger partial charge in [-0.25, -0.2) is 0 Å². The van der Waals surface area contributed by atoms with Crippen LogP contribution in [0.25, 0.3) is 0 Å². The highest BCUT2D eigenvalue weighted by atomic mass is 16.2. The number of hydrogen-bond acceptors (Lipinski definition) is 2. The van der Waals surface area contributed by atoms with Crippen LogP contribution in [-0.2, 0) is 6.42 Å². The van der Waals surface area contributed by atoms with Crippen molar-refractivity contribution in [2.45, 2.75) is 13.3 Å². The molecular weight excluding hydrogens is 260 g/mol. The predicted octanol–water partition coefficient (Wildman–Crippen LogP) is 3.35. The molecule has 110 valence electrons. The van der Waals surface area contributed by atoms with Crippen molar-refractivity contribution in [1.29, 1.82) is 0 Å². The van der Waals surface area contributed by atoms with Crippen molar-refractivity contribution in [2.75, 3.05) is 26.0 Å². The minimum Gasteiger partial charge on any atom is -0.384 e. The molecule has 0 aliphatic heterocycles. The summed E-state index contributed by atoms with van der Waals surface area (Å²) in [6.07, 6.45) is 0.964. The maximum absolute atomic E-state index is 12.0. The largest absolute Gasteiger partial charge is 0.384 e. The molecule has 0 heterocycles. The van der Waals surface area contributed by atoms with Crippen molar-refractivity contribution in [2.24, 2.45) is 0 Å². The summed E-state index contributed by atoms with van der Waals surface area (Å²) in [6.45, 7) is 2.90. The van der Waals surface area contributed by atoms with Gasteiger partial charge in [0, 0.05) is 31.9 Å². The van der Waals surface area contributed by atoms with Gasteiger partial charge in [0.05, 0.1) is 0 Å². The van der Waals surface area contributed by atoms with E-state index in [9.17, 15) is 4.79 Å². The number of aryl methyl sites for hydroxylation is 1. The van der Waals surface area contributed by atoms with Crippen molar-refractivity contribution in [3.8, 4) is 0 Å². The highest BCUT2D eigenvalue weighted by Gasteiger charge is 2.09. The summed E-state index contributed by atoms with van der Waals surface area (Å²) in [5.74, 6) is 0.0288. The maximum Gasteiger partial charge on any atom is 0.253 e. The third-order valence-corrected chi connectivity index (χ3v) is 3.46. The number of amides is 1. The summed E-state index contributed by atoms with van der Waals surface area (Å²) in [6, 6.07) is 16.2. The zero-order chi connectivity index (χ0) is 15.2. The molecule has 0 bridgehead atoms. The summed E-state index contributed by atoms with van der Waals surface area (Å²) in [5, 5.41) is 3.42. The highest BCUT2D eigenvalue weighted by Crippen LogP contribution is 2.18. The van der Waals surface area contributed by atoms with Gasteiger partial charge in [-0.3, -0.25) is 4.79 Å². The summed E-state index contributed by atoms with van der Waals surface area (Å²) < 4.78 is 0. The molecule has 0 saturated heterocycles. The van der Waals surface area contributed by atoms with Gasteiger partial charge in [0.15, 0.2) is 0 Å². The Morgan fingerprint density at radius 1 is 1.10 bits per heavy atom. The number of benzene rings is 2. The summed E-state index contributed by atoms with van der Waals surface area (Å²) in [5.41, 5.74) is 4.20. The van der Waals surface area contributed by atoms with Crippen molar-refractivity contribution in [3.05, 3.63) is 65.2 Å². The molecule has 2 rings (SSSR count). The Kier molecular flexibility index (Phi) is 4.99. The molecule has 0 unspecified atom stereocenters. The molecule has 3 nitrogen and oxygen atoms in total. The molecule has 0 aromatic heterocycles. The molecular formula is C18H22N2O. The third kappa shape index (κ3) is 4.09. The predicted molar refractivity (Wildman–Crippen MR) is 87.8 cm³/mol. The van der Waals surface area contributed by atoms with Crippen molar-refractivity contribution >= 4 is 11.6 Å². The molecule has 0 saturated carbocycles. The molecule has 0 spiro atoms. The Hall–Kier alpha value is -2.29. The topological polar surface area (TPSA) is 32.3 Å². The zero-order valence-corrected chi connectivity index (χ0v) is 12.9. The molecule has 0 fully saturated rings. The van der Waals surface area contributed by atoms with Gasteiger partial charge in [0.2, 0.25) is 0 Å². The molecule has 0 aliphatic carbocycles. The van der Waals surface area contributed by atoms with Gasteiger partial charge in [-0.15, -0.1) is 0 Å². The van der Waals surface area contributed by atoms with Gasteiger partial charge in [-0.05, 0) is 36.6 Å². The summed E-state index contributed by atoms with van der Waals surface area (Å²) in [7, 11) is 3.54. The lowest BCUT2D eigenvalue weighted by atomic mass is 10.1. The second-order valence-electron chi connectivity index (χ2n) is 5.39. The average molecular weight is 282 g/mol. The van der Waals surface area contributed by atoms with E-state index in [-0.39, 0.29) is 5.91 Å². The average Bonchev–Trinajstić information content (AvgIpc) is 2.49. The molecule has 3 heteroatoms. The first-order valence-corrected chi connectivity index (χ1v) is 7.18. The number of anilines is 1. The van der Waals surface area contributed by atoms with Crippen LogP contribution < -0.4 is 5.32 Å². The van der Waals surface area contributed by atoms with Crippen LogP contribution in [0, 0.1) is 6.92 Å². The maximum atomic E-state index is 12.0. The molecule has 21 heavy (non-hydrogen) atoms. The van der Waals surface area contributed by atoms with Crippen molar-refractivity contribution in [3.63, 3.8) is 0 Å². The number of rotatable bonds is 5. The third-order valence-electron chi connectivity index (χ3n) is 3.46. The van der Waals surface area contributed by atoms with Crippen LogP contribution in [0.2, 0.25) is 0 Å². The zero-order valence-electron chi connectivity index (χ0n) is 12.9. The lowest BCUT2D eigenvalue weighted by molar-refractivity contribution is 0.0827. The lowest BCUT2D eigenvalue weighted by Gasteiger charge is -2.14. The molecule has 2 aromatic carbocycles. The van der Waals surface area contributed by atoms with Crippen LogP contribution in [0.15, 0.2) is 48.5 Å². The SMILES string of the molecule is Cc1ccc(C(=O)N(C)C)cc1NCCc1ccccc1. The molecule has 2 aromatic rings. The number of hydrogen-bond donors (Lipinski definition) is 1. The minimum atomic E-state index is 0.0288. The summed E-state index contributed by atoms with van der Waals surface area (Å²) in [4.78, 5) is 13.6. The Labute approximate surface area is 126 Å². The fourth-order valence-corrected chi connectivity index (χ4v) is 2.19. The fraction of sp³-hybridized carbons (Fsp3) is 0.278. The lowest BCUT2D eigenvalue weighted by Crippen LogP contribution is -2.21. The molecule has 1 N–H and O–H groups in total. The molecule has 1 amide bonds. The van der Waals surface area contributed by atoms with Crippen molar-refractivity contribution in [1.82, 2.24) is 4.90 Å². The first kappa shape index (κ1) is 15.1. The van der Waals surface area contributed by atoms with Crippen LogP contribution >= 0.6 is 0 Å². The second-order valence-corrected chi connectivity index (χ2v) is 5.39. The molecule has 0 aliphatic rings. The van der Waals surface area contributed by atoms with E-state index in [2.05, 4.69) is 36.5 Å². The van der Waals surface area contributed by atoms with E-state index in [1.54, 1.807) is 19.0 Å². The van der Waals surface area contributed by atoms with Crippen LogP contribution in [0.1, 0.15) is 21.5 Å². The number of carbonyl (C=O) groups is 1. The second kappa shape index (κ2) is 6.93. The van der Waals surface area contributed by atoms with Crippen LogP contribution in [0.3, 0.4) is 0 Å². The van der Waals surface area contributed by atoms with Gasteiger partial charge >= 0.3 is 0 Å². The van der Waals surface area contributed by atoms with E-state index >= 15 is 0 Å². The standard InChI is InChI=1S/C18H22N2O/c1-14-9-10-16(18(21)20(2)3)13-17(14)19-12-11-15-7-5-4-6-8-15/h4-10,13,19H,11-12H2,1-3H3. The van der Waals surface area contributed by atoms with Crippen LogP contribution in [0.5, 0.6) is 0 Å².